The number of rotatable bonds is 6. The quantitative estimate of drug-likeness (QED) is 0.784. The average Bonchev–Trinajstić information content (AvgIpc) is 2.79. The van der Waals surface area contributed by atoms with Crippen LogP contribution in [0.4, 0.5) is 5.69 Å². The third-order valence-corrected chi connectivity index (χ3v) is 3.41. The van der Waals surface area contributed by atoms with Gasteiger partial charge in [-0.25, -0.2) is 4.79 Å². The van der Waals surface area contributed by atoms with Gasteiger partial charge in [0.15, 0.2) is 0 Å². The molecule has 0 radical (unpaired) electrons. The number of aromatic amines is 1. The molecule has 1 heterocycles. The summed E-state index contributed by atoms with van der Waals surface area (Å²) >= 11 is 0. The van der Waals surface area contributed by atoms with E-state index in [9.17, 15) is 9.59 Å². The van der Waals surface area contributed by atoms with Gasteiger partial charge in [-0.1, -0.05) is 6.92 Å². The summed E-state index contributed by atoms with van der Waals surface area (Å²) in [7, 11) is 1.48. The lowest BCUT2D eigenvalue weighted by molar-refractivity contribution is -0.136. The number of H-pyrrole nitrogens is 1. The molecule has 0 aliphatic heterocycles. The summed E-state index contributed by atoms with van der Waals surface area (Å²) in [6, 6.07) is 0. The molecule has 0 aromatic carbocycles. The molecule has 20 heavy (non-hydrogen) atoms. The highest BCUT2D eigenvalue weighted by molar-refractivity contribution is 6.04. The Morgan fingerprint density at radius 3 is 2.55 bits per heavy atom. The summed E-state index contributed by atoms with van der Waals surface area (Å²) < 4.78 is 10.2. The van der Waals surface area contributed by atoms with E-state index in [2.05, 4.69) is 10.3 Å². The van der Waals surface area contributed by atoms with Gasteiger partial charge in [0.25, 0.3) is 5.91 Å². The molecule has 0 spiro atoms. The second kappa shape index (κ2) is 6.56. The standard InChI is InChI=1S/C14H22N2O4/c1-6-14(4,19-5)13(18)16-10-8-15-9(3)11(10)12(17)20-7-2/h8,15H,6-7H2,1-5H3,(H,16,18). The number of hydrogen-bond acceptors (Lipinski definition) is 4. The van der Waals surface area contributed by atoms with Crippen molar-refractivity contribution in [3.8, 4) is 0 Å². The van der Waals surface area contributed by atoms with Gasteiger partial charge in [-0.3, -0.25) is 4.79 Å². The maximum absolute atomic E-state index is 12.2. The monoisotopic (exact) mass is 282 g/mol. The molecular formula is C14H22N2O4. The van der Waals surface area contributed by atoms with E-state index in [0.717, 1.165) is 0 Å². The van der Waals surface area contributed by atoms with Crippen LogP contribution in [-0.4, -0.2) is 36.2 Å². The Kier molecular flexibility index (Phi) is 5.33. The van der Waals surface area contributed by atoms with Gasteiger partial charge in [-0.2, -0.15) is 0 Å². The zero-order chi connectivity index (χ0) is 15.3. The number of hydrogen-bond donors (Lipinski definition) is 2. The van der Waals surface area contributed by atoms with Crippen LogP contribution in [0, 0.1) is 6.92 Å². The Balaban J connectivity index is 2.99. The Morgan fingerprint density at radius 1 is 1.40 bits per heavy atom. The first-order chi connectivity index (χ1) is 9.39. The van der Waals surface area contributed by atoms with Crippen molar-refractivity contribution in [3.05, 3.63) is 17.5 Å². The van der Waals surface area contributed by atoms with E-state index < -0.39 is 11.6 Å². The van der Waals surface area contributed by atoms with Crippen molar-refractivity contribution in [2.75, 3.05) is 19.0 Å². The highest BCUT2D eigenvalue weighted by atomic mass is 16.5. The molecular weight excluding hydrogens is 260 g/mol. The van der Waals surface area contributed by atoms with Crippen molar-refractivity contribution in [1.29, 1.82) is 0 Å². The summed E-state index contributed by atoms with van der Waals surface area (Å²) in [6.45, 7) is 7.32. The molecule has 6 nitrogen and oxygen atoms in total. The number of carbonyl (C=O) groups is 2. The van der Waals surface area contributed by atoms with Crippen LogP contribution in [0.1, 0.15) is 43.2 Å². The molecule has 0 saturated carbocycles. The molecule has 1 atom stereocenters. The number of esters is 1. The number of aromatic nitrogens is 1. The van der Waals surface area contributed by atoms with Crippen molar-refractivity contribution in [3.63, 3.8) is 0 Å². The zero-order valence-electron chi connectivity index (χ0n) is 12.6. The number of ether oxygens (including phenoxy) is 2. The van der Waals surface area contributed by atoms with Gasteiger partial charge < -0.3 is 19.8 Å². The summed E-state index contributed by atoms with van der Waals surface area (Å²) in [5.74, 6) is -0.760. The average molecular weight is 282 g/mol. The molecule has 1 amide bonds. The molecule has 0 aliphatic carbocycles. The lowest BCUT2D eigenvalue weighted by Crippen LogP contribution is -2.41. The molecule has 1 unspecified atom stereocenters. The van der Waals surface area contributed by atoms with Crippen LogP contribution in [0.5, 0.6) is 0 Å². The highest BCUT2D eigenvalue weighted by Gasteiger charge is 2.32. The Morgan fingerprint density at radius 2 is 2.05 bits per heavy atom. The van der Waals surface area contributed by atoms with E-state index in [1.54, 1.807) is 27.0 Å². The number of methoxy groups -OCH3 is 1. The van der Waals surface area contributed by atoms with E-state index in [4.69, 9.17) is 9.47 Å². The Bertz CT molecular complexity index is 489. The second-order valence-electron chi connectivity index (χ2n) is 4.67. The largest absolute Gasteiger partial charge is 0.462 e. The van der Waals surface area contributed by atoms with Crippen LogP contribution in [0.2, 0.25) is 0 Å². The molecule has 1 aromatic heterocycles. The number of anilines is 1. The van der Waals surface area contributed by atoms with Crippen molar-refractivity contribution >= 4 is 17.6 Å². The fourth-order valence-corrected chi connectivity index (χ4v) is 1.74. The van der Waals surface area contributed by atoms with Crippen LogP contribution in [-0.2, 0) is 14.3 Å². The fraction of sp³-hybridized carbons (Fsp3) is 0.571. The van der Waals surface area contributed by atoms with Crippen LogP contribution >= 0.6 is 0 Å². The molecule has 0 fully saturated rings. The molecule has 1 aromatic rings. The summed E-state index contributed by atoms with van der Waals surface area (Å²) in [5.41, 5.74) is 0.462. The van der Waals surface area contributed by atoms with Gasteiger partial charge in [0.05, 0.1) is 12.3 Å². The highest BCUT2D eigenvalue weighted by Crippen LogP contribution is 2.23. The summed E-state index contributed by atoms with van der Waals surface area (Å²) in [6.07, 6.45) is 2.10. The van der Waals surface area contributed by atoms with Crippen molar-refractivity contribution in [2.24, 2.45) is 0 Å². The fourth-order valence-electron chi connectivity index (χ4n) is 1.74. The first-order valence-electron chi connectivity index (χ1n) is 6.61. The number of aryl methyl sites for hydroxylation is 1. The molecule has 2 N–H and O–H groups in total. The lowest BCUT2D eigenvalue weighted by atomic mass is 10.0. The third-order valence-electron chi connectivity index (χ3n) is 3.41. The lowest BCUT2D eigenvalue weighted by Gasteiger charge is -2.25. The van der Waals surface area contributed by atoms with E-state index in [-0.39, 0.29) is 12.5 Å². The molecule has 0 aliphatic rings. The second-order valence-corrected chi connectivity index (χ2v) is 4.67. The van der Waals surface area contributed by atoms with E-state index in [0.29, 0.717) is 23.4 Å². The first kappa shape index (κ1) is 16.2. The maximum atomic E-state index is 12.2. The predicted molar refractivity (Wildman–Crippen MR) is 75.8 cm³/mol. The van der Waals surface area contributed by atoms with Gasteiger partial charge in [-0.15, -0.1) is 0 Å². The van der Waals surface area contributed by atoms with Crippen LogP contribution < -0.4 is 5.32 Å². The molecule has 112 valence electrons. The molecule has 1 rings (SSSR count). The maximum Gasteiger partial charge on any atom is 0.342 e. The SMILES string of the molecule is CCOC(=O)c1c(NC(=O)C(C)(CC)OC)c[nH]c1C. The Hall–Kier alpha value is -1.82. The minimum absolute atomic E-state index is 0.279. The van der Waals surface area contributed by atoms with Gasteiger partial charge in [0.2, 0.25) is 0 Å². The van der Waals surface area contributed by atoms with Crippen molar-refractivity contribution < 1.29 is 19.1 Å². The minimum atomic E-state index is -0.933. The molecule has 0 bridgehead atoms. The van der Waals surface area contributed by atoms with Gasteiger partial charge in [-0.05, 0) is 27.2 Å². The predicted octanol–water partition coefficient (Wildman–Crippen LogP) is 2.25. The van der Waals surface area contributed by atoms with Gasteiger partial charge in [0, 0.05) is 19.0 Å². The number of amides is 1. The molecule has 6 heteroatoms. The number of nitrogens with one attached hydrogen (secondary N) is 2. The third kappa shape index (κ3) is 3.19. The summed E-state index contributed by atoms with van der Waals surface area (Å²) in [4.78, 5) is 27.0. The van der Waals surface area contributed by atoms with Crippen molar-refractivity contribution in [2.45, 2.75) is 39.7 Å². The van der Waals surface area contributed by atoms with E-state index in [1.165, 1.54) is 7.11 Å². The zero-order valence-corrected chi connectivity index (χ0v) is 12.6. The Labute approximate surface area is 118 Å². The van der Waals surface area contributed by atoms with Crippen LogP contribution in [0.15, 0.2) is 6.20 Å². The normalized spacial score (nSPS) is 13.7. The minimum Gasteiger partial charge on any atom is -0.462 e. The summed E-state index contributed by atoms with van der Waals surface area (Å²) in [5, 5.41) is 2.72. The van der Waals surface area contributed by atoms with Crippen molar-refractivity contribution in [1.82, 2.24) is 4.98 Å². The smallest absolute Gasteiger partial charge is 0.342 e. The first-order valence-corrected chi connectivity index (χ1v) is 6.61. The molecule has 0 saturated heterocycles. The van der Waals surface area contributed by atoms with E-state index >= 15 is 0 Å². The van der Waals surface area contributed by atoms with Gasteiger partial charge >= 0.3 is 5.97 Å². The van der Waals surface area contributed by atoms with Crippen LogP contribution in [0.25, 0.3) is 0 Å². The number of carbonyl (C=O) groups excluding carboxylic acids is 2. The van der Waals surface area contributed by atoms with E-state index in [1.807, 2.05) is 6.92 Å². The topological polar surface area (TPSA) is 80.4 Å². The van der Waals surface area contributed by atoms with Gasteiger partial charge in [0.1, 0.15) is 11.2 Å². The van der Waals surface area contributed by atoms with Crippen LogP contribution in [0.3, 0.4) is 0 Å².